The number of amides is 2. The number of piperazine rings is 1. The van der Waals surface area contributed by atoms with E-state index in [9.17, 15) is 9.59 Å². The topological polar surface area (TPSA) is 78.7 Å². The van der Waals surface area contributed by atoms with Crippen LogP contribution >= 0.6 is 0 Å². The van der Waals surface area contributed by atoms with Crippen LogP contribution in [-0.4, -0.2) is 67.9 Å². The number of carbonyl (C=O) groups excluding carboxylic acids is 2. The van der Waals surface area contributed by atoms with Gasteiger partial charge in [-0.2, -0.15) is 0 Å². The van der Waals surface area contributed by atoms with Crippen molar-refractivity contribution in [2.24, 2.45) is 11.1 Å². The number of rotatable bonds is 5. The highest BCUT2D eigenvalue weighted by Crippen LogP contribution is 2.43. The van der Waals surface area contributed by atoms with E-state index in [0.717, 1.165) is 39.0 Å². The minimum Gasteiger partial charge on any atom is -0.358 e. The lowest BCUT2D eigenvalue weighted by Gasteiger charge is -2.42. The molecule has 0 bridgehead atoms. The molecule has 0 aromatic carbocycles. The molecular weight excluding hydrogens is 256 g/mol. The van der Waals surface area contributed by atoms with Crippen LogP contribution in [0.15, 0.2) is 0 Å². The average molecular weight is 282 g/mol. The van der Waals surface area contributed by atoms with Crippen LogP contribution in [0.25, 0.3) is 0 Å². The van der Waals surface area contributed by atoms with E-state index in [1.807, 2.05) is 4.90 Å². The molecule has 114 valence electrons. The zero-order chi connectivity index (χ0) is 14.6. The summed E-state index contributed by atoms with van der Waals surface area (Å²) in [5.41, 5.74) is 5.90. The fourth-order valence-electron chi connectivity index (χ4n) is 3.00. The zero-order valence-electron chi connectivity index (χ0n) is 12.4. The van der Waals surface area contributed by atoms with Crippen LogP contribution in [0.3, 0.4) is 0 Å². The lowest BCUT2D eigenvalue weighted by atomic mass is 9.66. The highest BCUT2D eigenvalue weighted by Gasteiger charge is 2.39. The zero-order valence-corrected chi connectivity index (χ0v) is 12.4. The van der Waals surface area contributed by atoms with Crippen molar-refractivity contribution in [2.75, 3.05) is 46.3 Å². The van der Waals surface area contributed by atoms with Gasteiger partial charge in [0.05, 0.1) is 6.54 Å². The molecule has 1 aliphatic heterocycles. The van der Waals surface area contributed by atoms with Crippen LogP contribution in [0.4, 0.5) is 0 Å². The number of hydrogen-bond acceptors (Lipinski definition) is 4. The average Bonchev–Trinajstić information content (AvgIpc) is 2.43. The fourth-order valence-corrected chi connectivity index (χ4v) is 3.00. The Morgan fingerprint density at radius 1 is 1.20 bits per heavy atom. The third-order valence-electron chi connectivity index (χ3n) is 4.74. The highest BCUT2D eigenvalue weighted by molar-refractivity contribution is 5.78. The van der Waals surface area contributed by atoms with Gasteiger partial charge in [0.1, 0.15) is 0 Å². The maximum atomic E-state index is 12.3. The van der Waals surface area contributed by atoms with Gasteiger partial charge in [-0.1, -0.05) is 6.42 Å². The van der Waals surface area contributed by atoms with Gasteiger partial charge in [0, 0.05) is 39.6 Å². The Balaban J connectivity index is 1.75. The molecule has 2 amide bonds. The van der Waals surface area contributed by atoms with Crippen LogP contribution in [0.5, 0.6) is 0 Å². The largest absolute Gasteiger partial charge is 0.358 e. The van der Waals surface area contributed by atoms with Gasteiger partial charge in [-0.15, -0.1) is 0 Å². The number of hydrogen-bond donors (Lipinski definition) is 2. The first-order valence-corrected chi connectivity index (χ1v) is 7.49. The van der Waals surface area contributed by atoms with Crippen molar-refractivity contribution in [2.45, 2.75) is 25.7 Å². The molecule has 2 fully saturated rings. The summed E-state index contributed by atoms with van der Waals surface area (Å²) in [7, 11) is 1.65. The minimum atomic E-state index is 0.0290. The molecule has 1 heterocycles. The predicted molar refractivity (Wildman–Crippen MR) is 77.0 cm³/mol. The maximum absolute atomic E-state index is 12.3. The van der Waals surface area contributed by atoms with E-state index >= 15 is 0 Å². The number of nitrogens with two attached hydrogens (primary N) is 1. The van der Waals surface area contributed by atoms with Crippen molar-refractivity contribution in [3.63, 3.8) is 0 Å². The van der Waals surface area contributed by atoms with Crippen molar-refractivity contribution in [3.8, 4) is 0 Å². The summed E-state index contributed by atoms with van der Waals surface area (Å²) >= 11 is 0. The second-order valence-electron chi connectivity index (χ2n) is 6.06. The van der Waals surface area contributed by atoms with Crippen molar-refractivity contribution < 1.29 is 9.59 Å². The number of likely N-dealkylation sites (N-methyl/N-ethyl adjacent to an activating group) is 1. The predicted octanol–water partition coefficient (Wildman–Crippen LogP) is -0.604. The van der Waals surface area contributed by atoms with Gasteiger partial charge in [0.25, 0.3) is 0 Å². The molecule has 0 aromatic heterocycles. The minimum absolute atomic E-state index is 0.0290. The van der Waals surface area contributed by atoms with Crippen LogP contribution in [0.1, 0.15) is 25.7 Å². The third kappa shape index (κ3) is 3.49. The lowest BCUT2D eigenvalue weighted by Crippen LogP contribution is -2.52. The van der Waals surface area contributed by atoms with Crippen LogP contribution in [0.2, 0.25) is 0 Å². The molecule has 0 radical (unpaired) electrons. The third-order valence-corrected chi connectivity index (χ3v) is 4.74. The molecule has 2 aliphatic rings. The second kappa shape index (κ2) is 6.54. The second-order valence-corrected chi connectivity index (χ2v) is 6.06. The normalized spacial score (nSPS) is 22.2. The number of carbonyl (C=O) groups is 2. The van der Waals surface area contributed by atoms with Crippen molar-refractivity contribution >= 4 is 11.8 Å². The van der Waals surface area contributed by atoms with E-state index in [4.69, 9.17) is 5.73 Å². The molecule has 0 unspecified atom stereocenters. The quantitative estimate of drug-likeness (QED) is 0.705. The van der Waals surface area contributed by atoms with Crippen LogP contribution < -0.4 is 11.1 Å². The number of nitrogens with one attached hydrogen (secondary N) is 1. The standard InChI is InChI=1S/C14H26N4O2/c1-16-12(19)10-17-5-7-18(8-6-17)13(20)9-14(11-15)3-2-4-14/h2-11,15H2,1H3,(H,16,19). The summed E-state index contributed by atoms with van der Waals surface area (Å²) in [5.74, 6) is 0.260. The summed E-state index contributed by atoms with van der Waals surface area (Å²) in [6.45, 7) is 4.02. The SMILES string of the molecule is CNC(=O)CN1CCN(C(=O)CC2(CN)CCC2)CC1. The Morgan fingerprint density at radius 3 is 2.30 bits per heavy atom. The monoisotopic (exact) mass is 282 g/mol. The number of nitrogens with zero attached hydrogens (tertiary/aromatic N) is 2. The first-order chi connectivity index (χ1) is 9.58. The molecule has 1 saturated carbocycles. The maximum Gasteiger partial charge on any atom is 0.233 e. The van der Waals surface area contributed by atoms with Crippen molar-refractivity contribution in [3.05, 3.63) is 0 Å². The lowest BCUT2D eigenvalue weighted by molar-refractivity contribution is -0.137. The van der Waals surface area contributed by atoms with E-state index in [1.165, 1.54) is 6.42 Å². The molecule has 1 saturated heterocycles. The molecule has 1 aliphatic carbocycles. The van der Waals surface area contributed by atoms with Crippen molar-refractivity contribution in [1.29, 1.82) is 0 Å². The van der Waals surface area contributed by atoms with E-state index in [0.29, 0.717) is 19.5 Å². The Hall–Kier alpha value is -1.14. The van der Waals surface area contributed by atoms with Gasteiger partial charge in [-0.3, -0.25) is 14.5 Å². The molecule has 20 heavy (non-hydrogen) atoms. The summed E-state index contributed by atoms with van der Waals surface area (Å²) in [6, 6.07) is 0. The summed E-state index contributed by atoms with van der Waals surface area (Å²) < 4.78 is 0. The summed E-state index contributed by atoms with van der Waals surface area (Å²) in [6.07, 6.45) is 3.97. The summed E-state index contributed by atoms with van der Waals surface area (Å²) in [5, 5.41) is 2.63. The molecule has 0 atom stereocenters. The Kier molecular flexibility index (Phi) is 4.99. The van der Waals surface area contributed by atoms with Gasteiger partial charge in [0.2, 0.25) is 11.8 Å². The van der Waals surface area contributed by atoms with Gasteiger partial charge in [-0.05, 0) is 24.8 Å². The first-order valence-electron chi connectivity index (χ1n) is 7.49. The van der Waals surface area contributed by atoms with E-state index < -0.39 is 0 Å². The molecule has 2 rings (SSSR count). The van der Waals surface area contributed by atoms with E-state index in [-0.39, 0.29) is 17.2 Å². The Bertz CT molecular complexity index is 355. The molecule has 3 N–H and O–H groups in total. The summed E-state index contributed by atoms with van der Waals surface area (Å²) in [4.78, 5) is 27.7. The van der Waals surface area contributed by atoms with Gasteiger partial charge >= 0.3 is 0 Å². The fraction of sp³-hybridized carbons (Fsp3) is 0.857. The highest BCUT2D eigenvalue weighted by atomic mass is 16.2. The van der Waals surface area contributed by atoms with Gasteiger partial charge in [-0.25, -0.2) is 0 Å². The Labute approximate surface area is 120 Å². The van der Waals surface area contributed by atoms with E-state index in [1.54, 1.807) is 7.05 Å². The first kappa shape index (κ1) is 15.3. The molecular formula is C14H26N4O2. The molecule has 6 nitrogen and oxygen atoms in total. The smallest absolute Gasteiger partial charge is 0.233 e. The van der Waals surface area contributed by atoms with Crippen LogP contribution in [-0.2, 0) is 9.59 Å². The molecule has 6 heteroatoms. The molecule has 0 spiro atoms. The van der Waals surface area contributed by atoms with Crippen molar-refractivity contribution in [1.82, 2.24) is 15.1 Å². The van der Waals surface area contributed by atoms with Crippen LogP contribution in [0, 0.1) is 5.41 Å². The Morgan fingerprint density at radius 2 is 1.85 bits per heavy atom. The van der Waals surface area contributed by atoms with Gasteiger partial charge < -0.3 is 16.0 Å². The van der Waals surface area contributed by atoms with Gasteiger partial charge in [0.15, 0.2) is 0 Å². The molecule has 0 aromatic rings. The van der Waals surface area contributed by atoms with E-state index in [2.05, 4.69) is 10.2 Å².